The van der Waals surface area contributed by atoms with Gasteiger partial charge in [-0.3, -0.25) is 0 Å². The number of allylic oxidation sites excluding steroid dienone is 4. The van der Waals surface area contributed by atoms with E-state index in [1.807, 2.05) is 50.6 Å². The quantitative estimate of drug-likeness (QED) is 0.566. The van der Waals surface area contributed by atoms with E-state index in [0.29, 0.717) is 0 Å². The molecule has 60 valence electrons. The van der Waals surface area contributed by atoms with Crippen LogP contribution in [0.1, 0.15) is 13.8 Å². The molecule has 1 aliphatic rings. The van der Waals surface area contributed by atoms with Crippen LogP contribution in [0.3, 0.4) is 0 Å². The number of hydrogen-bond acceptors (Lipinski definition) is 1. The first-order chi connectivity index (χ1) is 4.50. The molecule has 0 aliphatic carbocycles. The Labute approximate surface area is 72.8 Å². The van der Waals surface area contributed by atoms with Gasteiger partial charge in [0.05, 0.1) is 0 Å². The summed E-state index contributed by atoms with van der Waals surface area (Å²) in [5.41, 5.74) is 0. The van der Waals surface area contributed by atoms with Crippen molar-refractivity contribution in [2.75, 3.05) is 0 Å². The first-order valence-electron chi connectivity index (χ1n) is 3.24. The maximum atomic E-state index is 2.92. The van der Waals surface area contributed by atoms with Gasteiger partial charge in [0.15, 0.2) is 0 Å². The van der Waals surface area contributed by atoms with Gasteiger partial charge in [-0.1, -0.05) is 26.0 Å². The van der Waals surface area contributed by atoms with Crippen molar-refractivity contribution in [3.05, 3.63) is 36.7 Å². The van der Waals surface area contributed by atoms with Crippen molar-refractivity contribution < 1.29 is 16.5 Å². The van der Waals surface area contributed by atoms with Crippen LogP contribution >= 0.6 is 0 Å². The molecule has 0 aromatic carbocycles. The average molecular weight is 182 g/mol. The van der Waals surface area contributed by atoms with E-state index < -0.39 is 0 Å². The Balaban J connectivity index is 0. The minimum atomic E-state index is 0. The van der Waals surface area contributed by atoms with Crippen molar-refractivity contribution in [2.45, 2.75) is 13.8 Å². The van der Waals surface area contributed by atoms with Crippen LogP contribution in [-0.4, -0.2) is 0 Å². The first-order valence-corrected chi connectivity index (χ1v) is 3.24. The van der Waals surface area contributed by atoms with Crippen molar-refractivity contribution in [1.82, 2.24) is 5.32 Å². The number of nitrogens with one attached hydrogen (secondary N) is 1. The molecule has 0 atom stereocenters. The van der Waals surface area contributed by atoms with E-state index in [0.717, 1.165) is 0 Å². The second-order valence-electron chi connectivity index (χ2n) is 1.27. The Kier molecular flexibility index (Phi) is 13.8. The smallest absolute Gasteiger partial charge is 0.000442 e. The molecule has 0 saturated heterocycles. The van der Waals surface area contributed by atoms with E-state index >= 15 is 0 Å². The van der Waals surface area contributed by atoms with Crippen LogP contribution in [-0.2, 0) is 16.5 Å². The van der Waals surface area contributed by atoms with Gasteiger partial charge < -0.3 is 5.32 Å². The topological polar surface area (TPSA) is 12.0 Å². The molecule has 1 aliphatic heterocycles. The van der Waals surface area contributed by atoms with Gasteiger partial charge in [-0.05, 0) is 12.2 Å². The molecule has 0 amide bonds. The second kappa shape index (κ2) is 11.3. The van der Waals surface area contributed by atoms with Gasteiger partial charge in [0, 0.05) is 28.9 Å². The summed E-state index contributed by atoms with van der Waals surface area (Å²) in [6, 6.07) is 0. The predicted molar refractivity (Wildman–Crippen MR) is 41.9 cm³/mol. The fourth-order valence-corrected chi connectivity index (χ4v) is 0.406. The molecule has 0 fully saturated rings. The Hall–Kier alpha value is -0.486. The van der Waals surface area contributed by atoms with E-state index in [1.54, 1.807) is 0 Å². The van der Waals surface area contributed by atoms with Gasteiger partial charge >= 0.3 is 0 Å². The fourth-order valence-electron chi connectivity index (χ4n) is 0.406. The predicted octanol–water partition coefficient (Wildman–Crippen LogP) is 2.20. The van der Waals surface area contributed by atoms with Gasteiger partial charge in [-0.15, -0.1) is 0 Å². The van der Waals surface area contributed by atoms with Crippen LogP contribution in [0.2, 0.25) is 0 Å². The number of hydrogen-bond donors (Lipinski definition) is 1. The molecule has 0 saturated carbocycles. The molecule has 10 heavy (non-hydrogen) atoms. The van der Waals surface area contributed by atoms with Crippen molar-refractivity contribution in [3.8, 4) is 0 Å². The largest absolute Gasteiger partial charge is 0.368 e. The summed E-state index contributed by atoms with van der Waals surface area (Å²) in [5.74, 6) is 0. The molecule has 1 N–H and O–H groups in total. The summed E-state index contributed by atoms with van der Waals surface area (Å²) in [4.78, 5) is 0. The minimum absolute atomic E-state index is 0. The van der Waals surface area contributed by atoms with Gasteiger partial charge in [-0.25, -0.2) is 0 Å². The van der Waals surface area contributed by atoms with Gasteiger partial charge in [0.25, 0.3) is 0 Å². The first kappa shape index (κ1) is 12.2. The van der Waals surface area contributed by atoms with E-state index in [9.17, 15) is 0 Å². The average Bonchev–Trinajstić information content (AvgIpc) is 2.21. The monoisotopic (exact) mass is 181 g/mol. The van der Waals surface area contributed by atoms with Crippen molar-refractivity contribution >= 4 is 0 Å². The molecule has 0 aromatic heterocycles. The molecule has 0 unspecified atom stereocenters. The molecule has 0 radical (unpaired) electrons. The maximum Gasteiger partial charge on any atom is 0.000442 e. The van der Waals surface area contributed by atoms with Crippen LogP contribution in [0.4, 0.5) is 0 Å². The molecule has 0 spiro atoms. The molecule has 1 nitrogen and oxygen atoms in total. The summed E-state index contributed by atoms with van der Waals surface area (Å²) in [6.07, 6.45) is 11.6. The van der Waals surface area contributed by atoms with Crippen LogP contribution in [0.5, 0.6) is 0 Å². The molecule has 0 aromatic rings. The van der Waals surface area contributed by atoms with Crippen molar-refractivity contribution in [3.63, 3.8) is 0 Å². The standard InChI is InChI=1S/C6H7N.C2H6.Ni/c1-2-4-6-7-5-3-1;1-2;/h1-7H;1-2H3;. The number of rotatable bonds is 0. The Morgan fingerprint density at radius 1 is 0.800 bits per heavy atom. The summed E-state index contributed by atoms with van der Waals surface area (Å²) < 4.78 is 0. The zero-order valence-corrected chi connectivity index (χ0v) is 7.27. The van der Waals surface area contributed by atoms with Gasteiger partial charge in [0.2, 0.25) is 0 Å². The summed E-state index contributed by atoms with van der Waals surface area (Å²) in [5, 5.41) is 2.92. The van der Waals surface area contributed by atoms with E-state index in [1.165, 1.54) is 0 Å². The molecule has 0 bridgehead atoms. The maximum absolute atomic E-state index is 2.92. The van der Waals surface area contributed by atoms with Gasteiger partial charge in [-0.2, -0.15) is 0 Å². The van der Waals surface area contributed by atoms with Crippen molar-refractivity contribution in [1.29, 1.82) is 0 Å². The van der Waals surface area contributed by atoms with E-state index in [4.69, 9.17) is 0 Å². The SMILES string of the molecule is C1=CC=CNC=C1.CC.[Ni]. The van der Waals surface area contributed by atoms with Crippen LogP contribution < -0.4 is 5.32 Å². The van der Waals surface area contributed by atoms with Gasteiger partial charge in [0.1, 0.15) is 0 Å². The Bertz CT molecular complexity index is 111. The third kappa shape index (κ3) is 7.51. The summed E-state index contributed by atoms with van der Waals surface area (Å²) >= 11 is 0. The zero-order valence-electron chi connectivity index (χ0n) is 6.28. The van der Waals surface area contributed by atoms with Crippen molar-refractivity contribution in [2.24, 2.45) is 0 Å². The molecular formula is C8H13NNi. The Morgan fingerprint density at radius 2 is 1.20 bits per heavy atom. The second-order valence-corrected chi connectivity index (χ2v) is 1.27. The third-order valence-corrected chi connectivity index (χ3v) is 0.718. The summed E-state index contributed by atoms with van der Waals surface area (Å²) in [7, 11) is 0. The minimum Gasteiger partial charge on any atom is -0.368 e. The third-order valence-electron chi connectivity index (χ3n) is 0.718. The Morgan fingerprint density at radius 3 is 1.60 bits per heavy atom. The normalized spacial score (nSPS) is 11.8. The van der Waals surface area contributed by atoms with E-state index in [-0.39, 0.29) is 16.5 Å². The molecule has 1 rings (SSSR count). The summed E-state index contributed by atoms with van der Waals surface area (Å²) in [6.45, 7) is 4.00. The van der Waals surface area contributed by atoms with Crippen LogP contribution in [0.25, 0.3) is 0 Å². The fraction of sp³-hybridized carbons (Fsp3) is 0.250. The molecule has 2 heteroatoms. The van der Waals surface area contributed by atoms with Crippen LogP contribution in [0, 0.1) is 0 Å². The zero-order chi connectivity index (χ0) is 6.95. The molecular weight excluding hydrogens is 169 g/mol. The van der Waals surface area contributed by atoms with E-state index in [2.05, 4.69) is 5.32 Å². The molecule has 1 heterocycles. The van der Waals surface area contributed by atoms with Crippen LogP contribution in [0.15, 0.2) is 36.7 Å².